The quantitative estimate of drug-likeness (QED) is 0.728. The molecule has 98 valence electrons. The van der Waals surface area contributed by atoms with E-state index in [0.717, 1.165) is 12.8 Å². The Bertz CT molecular complexity index is 289. The summed E-state index contributed by atoms with van der Waals surface area (Å²) in [6, 6.07) is -0.00109. The normalized spacial score (nSPS) is 18.2. The van der Waals surface area contributed by atoms with Gasteiger partial charge in [-0.25, -0.2) is 13.1 Å². The highest BCUT2D eigenvalue weighted by Gasteiger charge is 2.29. The molecule has 1 aliphatic carbocycles. The van der Waals surface area contributed by atoms with E-state index < -0.39 is 10.0 Å². The molecule has 1 unspecified atom stereocenters. The van der Waals surface area contributed by atoms with Crippen molar-refractivity contribution in [2.45, 2.75) is 39.2 Å². The summed E-state index contributed by atoms with van der Waals surface area (Å²) in [6.07, 6.45) is 3.00. The molecular weight excluding hydrogens is 248 g/mol. The van der Waals surface area contributed by atoms with Crippen molar-refractivity contribution < 1.29 is 8.42 Å². The molecule has 0 aromatic rings. The van der Waals surface area contributed by atoms with Crippen LogP contribution in [-0.2, 0) is 10.0 Å². The highest BCUT2D eigenvalue weighted by atomic mass is 35.5. The Morgan fingerprint density at radius 3 is 2.38 bits per heavy atom. The second-order valence-electron chi connectivity index (χ2n) is 4.85. The van der Waals surface area contributed by atoms with Crippen molar-refractivity contribution in [3.05, 3.63) is 0 Å². The molecule has 1 aliphatic rings. The minimum absolute atomic E-state index is 0. The second-order valence-corrected chi connectivity index (χ2v) is 6.78. The van der Waals surface area contributed by atoms with Crippen molar-refractivity contribution in [1.29, 1.82) is 0 Å². The zero-order valence-corrected chi connectivity index (χ0v) is 11.6. The van der Waals surface area contributed by atoms with E-state index in [9.17, 15) is 8.42 Å². The average Bonchev–Trinajstić information content (AvgIpc) is 2.94. The molecular formula is C10H23ClN2O2S. The molecule has 0 spiro atoms. The Hall–Kier alpha value is 0.160. The summed E-state index contributed by atoms with van der Waals surface area (Å²) in [7, 11) is -3.11. The van der Waals surface area contributed by atoms with E-state index >= 15 is 0 Å². The average molecular weight is 271 g/mol. The molecule has 0 saturated heterocycles. The second kappa shape index (κ2) is 6.79. The third-order valence-corrected chi connectivity index (χ3v) is 4.11. The lowest BCUT2D eigenvalue weighted by atomic mass is 10.2. The molecule has 0 aromatic carbocycles. The molecule has 1 fully saturated rings. The fourth-order valence-corrected chi connectivity index (χ4v) is 2.75. The number of hydrogen-bond donors (Lipinski definition) is 2. The Morgan fingerprint density at radius 2 is 1.94 bits per heavy atom. The first-order valence-electron chi connectivity index (χ1n) is 5.63. The molecule has 4 nitrogen and oxygen atoms in total. The highest BCUT2D eigenvalue weighted by molar-refractivity contribution is 7.89. The van der Waals surface area contributed by atoms with Gasteiger partial charge in [-0.15, -0.1) is 12.4 Å². The van der Waals surface area contributed by atoms with Crippen molar-refractivity contribution >= 4 is 22.4 Å². The third kappa shape index (κ3) is 6.68. The molecule has 0 aromatic heterocycles. The molecule has 0 bridgehead atoms. The first-order chi connectivity index (χ1) is 6.91. The molecule has 0 heterocycles. The first-order valence-corrected chi connectivity index (χ1v) is 7.29. The number of rotatable bonds is 7. The maximum atomic E-state index is 11.5. The van der Waals surface area contributed by atoms with Crippen LogP contribution in [0.5, 0.6) is 0 Å². The van der Waals surface area contributed by atoms with Gasteiger partial charge in [-0.05, 0) is 31.1 Å². The fourth-order valence-electron chi connectivity index (χ4n) is 1.38. The van der Waals surface area contributed by atoms with Gasteiger partial charge in [0.15, 0.2) is 0 Å². The molecule has 3 N–H and O–H groups in total. The summed E-state index contributed by atoms with van der Waals surface area (Å²) in [5.41, 5.74) is 5.82. The van der Waals surface area contributed by atoms with E-state index in [2.05, 4.69) is 4.72 Å². The predicted molar refractivity (Wildman–Crippen MR) is 69.2 cm³/mol. The van der Waals surface area contributed by atoms with Crippen LogP contribution in [-0.4, -0.2) is 26.8 Å². The summed E-state index contributed by atoms with van der Waals surface area (Å²) in [4.78, 5) is 0. The van der Waals surface area contributed by atoms with Crippen molar-refractivity contribution in [3.8, 4) is 0 Å². The van der Waals surface area contributed by atoms with Crippen molar-refractivity contribution in [3.63, 3.8) is 0 Å². The van der Waals surface area contributed by atoms with E-state index in [4.69, 9.17) is 5.73 Å². The largest absolute Gasteiger partial charge is 0.326 e. The van der Waals surface area contributed by atoms with Crippen LogP contribution >= 0.6 is 12.4 Å². The Labute approximate surface area is 105 Å². The predicted octanol–water partition coefficient (Wildman–Crippen LogP) is 1.11. The van der Waals surface area contributed by atoms with E-state index in [1.165, 1.54) is 0 Å². The van der Waals surface area contributed by atoms with Crippen LogP contribution < -0.4 is 10.5 Å². The molecule has 1 saturated carbocycles. The van der Waals surface area contributed by atoms with Crippen molar-refractivity contribution in [1.82, 2.24) is 4.72 Å². The lowest BCUT2D eigenvalue weighted by molar-refractivity contribution is 0.538. The van der Waals surface area contributed by atoms with Gasteiger partial charge in [0.25, 0.3) is 0 Å². The maximum absolute atomic E-state index is 11.5. The zero-order valence-electron chi connectivity index (χ0n) is 9.98. The number of halogens is 1. The molecule has 0 aliphatic heterocycles. The summed E-state index contributed by atoms with van der Waals surface area (Å²) < 4.78 is 25.6. The van der Waals surface area contributed by atoms with Gasteiger partial charge in [-0.3, -0.25) is 0 Å². The smallest absolute Gasteiger partial charge is 0.211 e. The molecule has 1 rings (SSSR count). The van der Waals surface area contributed by atoms with Gasteiger partial charge in [0.1, 0.15) is 0 Å². The minimum atomic E-state index is -3.11. The number of nitrogens with one attached hydrogen (secondary N) is 1. The monoisotopic (exact) mass is 270 g/mol. The summed E-state index contributed by atoms with van der Waals surface area (Å²) >= 11 is 0. The van der Waals surface area contributed by atoms with Crippen molar-refractivity contribution in [2.24, 2.45) is 17.6 Å². The third-order valence-electron chi connectivity index (χ3n) is 2.73. The zero-order chi connectivity index (χ0) is 11.5. The number of nitrogens with two attached hydrogens (primary N) is 1. The Balaban J connectivity index is 0.00000225. The standard InChI is InChI=1S/C10H22N2O2S.ClH/c1-8(2)5-6-15(13,14)12-7-10(11)9-3-4-9;/h8-10,12H,3-7,11H2,1-2H3;1H. The van der Waals surface area contributed by atoms with Gasteiger partial charge >= 0.3 is 0 Å². The Morgan fingerprint density at radius 1 is 1.38 bits per heavy atom. The van der Waals surface area contributed by atoms with E-state index in [1.807, 2.05) is 13.8 Å². The van der Waals surface area contributed by atoms with Crippen LogP contribution in [0.15, 0.2) is 0 Å². The van der Waals surface area contributed by atoms with Crippen LogP contribution in [0.25, 0.3) is 0 Å². The van der Waals surface area contributed by atoms with Gasteiger partial charge in [-0.1, -0.05) is 13.8 Å². The highest BCUT2D eigenvalue weighted by Crippen LogP contribution is 2.31. The van der Waals surface area contributed by atoms with Crippen LogP contribution in [0.4, 0.5) is 0 Å². The van der Waals surface area contributed by atoms with E-state index in [0.29, 0.717) is 24.8 Å². The molecule has 6 heteroatoms. The van der Waals surface area contributed by atoms with Gasteiger partial charge in [0.2, 0.25) is 10.0 Å². The van der Waals surface area contributed by atoms with E-state index in [1.54, 1.807) is 0 Å². The fraction of sp³-hybridized carbons (Fsp3) is 1.00. The molecule has 0 radical (unpaired) electrons. The first kappa shape index (κ1) is 16.2. The maximum Gasteiger partial charge on any atom is 0.211 e. The van der Waals surface area contributed by atoms with Crippen LogP contribution in [0.2, 0.25) is 0 Å². The van der Waals surface area contributed by atoms with Crippen LogP contribution in [0, 0.1) is 11.8 Å². The summed E-state index contributed by atoms with van der Waals surface area (Å²) in [5, 5.41) is 0. The van der Waals surface area contributed by atoms with Crippen LogP contribution in [0.3, 0.4) is 0 Å². The van der Waals surface area contributed by atoms with Crippen molar-refractivity contribution in [2.75, 3.05) is 12.3 Å². The molecule has 16 heavy (non-hydrogen) atoms. The number of hydrogen-bond acceptors (Lipinski definition) is 3. The molecule has 1 atom stereocenters. The number of sulfonamides is 1. The van der Waals surface area contributed by atoms with Gasteiger partial charge in [-0.2, -0.15) is 0 Å². The summed E-state index contributed by atoms with van der Waals surface area (Å²) in [5.74, 6) is 1.17. The lowest BCUT2D eigenvalue weighted by Crippen LogP contribution is -2.39. The molecule has 0 amide bonds. The topological polar surface area (TPSA) is 72.2 Å². The van der Waals surface area contributed by atoms with E-state index in [-0.39, 0.29) is 24.2 Å². The van der Waals surface area contributed by atoms with Gasteiger partial charge in [0.05, 0.1) is 5.75 Å². The Kier molecular flexibility index (Phi) is 6.86. The minimum Gasteiger partial charge on any atom is -0.326 e. The lowest BCUT2D eigenvalue weighted by Gasteiger charge is -2.12. The van der Waals surface area contributed by atoms with Gasteiger partial charge in [0, 0.05) is 12.6 Å². The van der Waals surface area contributed by atoms with Crippen LogP contribution in [0.1, 0.15) is 33.1 Å². The SMILES string of the molecule is CC(C)CCS(=O)(=O)NCC(N)C1CC1.Cl. The van der Waals surface area contributed by atoms with Gasteiger partial charge < -0.3 is 5.73 Å². The summed E-state index contributed by atoms with van der Waals surface area (Å²) in [6.45, 7) is 4.43.